The van der Waals surface area contributed by atoms with Gasteiger partial charge in [0.25, 0.3) is 5.91 Å². The molecule has 0 bridgehead atoms. The molecule has 1 saturated heterocycles. The molecule has 6 nitrogen and oxygen atoms in total. The summed E-state index contributed by atoms with van der Waals surface area (Å²) in [7, 11) is 0. The summed E-state index contributed by atoms with van der Waals surface area (Å²) in [6, 6.07) is 14.8. The number of carbonyl (C=O) groups excluding carboxylic acids is 2. The standard InChI is InChI=1S/C24H23ClN2O4S/c1-24(11-13-27(24)22(30)19-15-32-20-5-3-2-4-18(19)20)23(31)26(12-10-21(28)29)14-16-6-8-17(25)9-7-16/h2-9,15H,10-14H2,1H3,(H,28,29). The van der Waals surface area contributed by atoms with E-state index in [-0.39, 0.29) is 31.3 Å². The Morgan fingerprint density at radius 1 is 1.16 bits per heavy atom. The van der Waals surface area contributed by atoms with Gasteiger partial charge in [-0.25, -0.2) is 0 Å². The molecule has 0 spiro atoms. The molecule has 1 atom stereocenters. The summed E-state index contributed by atoms with van der Waals surface area (Å²) in [5.41, 5.74) is 0.433. The predicted octanol–water partition coefficient (Wildman–Crippen LogP) is 4.66. The van der Waals surface area contributed by atoms with Gasteiger partial charge in [0.1, 0.15) is 5.54 Å². The molecule has 1 unspecified atom stereocenters. The van der Waals surface area contributed by atoms with E-state index in [4.69, 9.17) is 16.7 Å². The fraction of sp³-hybridized carbons (Fsp3) is 0.292. The lowest BCUT2D eigenvalue weighted by Crippen LogP contribution is -2.67. The first-order valence-corrected chi connectivity index (χ1v) is 11.6. The van der Waals surface area contributed by atoms with Crippen LogP contribution in [0.3, 0.4) is 0 Å². The van der Waals surface area contributed by atoms with Crippen molar-refractivity contribution in [2.75, 3.05) is 13.1 Å². The highest BCUT2D eigenvalue weighted by atomic mass is 35.5. The first-order valence-electron chi connectivity index (χ1n) is 10.3. The molecule has 1 aliphatic heterocycles. The van der Waals surface area contributed by atoms with Crippen molar-refractivity contribution < 1.29 is 19.5 Å². The summed E-state index contributed by atoms with van der Waals surface area (Å²) in [6.07, 6.45) is 0.363. The Hall–Kier alpha value is -2.90. The first kappa shape index (κ1) is 22.3. The van der Waals surface area contributed by atoms with Gasteiger partial charge in [-0.3, -0.25) is 14.4 Å². The van der Waals surface area contributed by atoms with Crippen LogP contribution in [-0.2, 0) is 16.1 Å². The van der Waals surface area contributed by atoms with Gasteiger partial charge in [0, 0.05) is 40.1 Å². The van der Waals surface area contributed by atoms with E-state index in [9.17, 15) is 14.4 Å². The van der Waals surface area contributed by atoms with Gasteiger partial charge < -0.3 is 14.9 Å². The summed E-state index contributed by atoms with van der Waals surface area (Å²) in [6.45, 7) is 2.57. The number of carboxylic acid groups (broad SMARTS) is 1. The molecule has 0 saturated carbocycles. The van der Waals surface area contributed by atoms with Crippen molar-refractivity contribution in [3.63, 3.8) is 0 Å². The Morgan fingerprint density at radius 2 is 1.88 bits per heavy atom. The van der Waals surface area contributed by atoms with Crippen molar-refractivity contribution in [2.24, 2.45) is 0 Å². The number of halogens is 1. The van der Waals surface area contributed by atoms with Gasteiger partial charge in [-0.2, -0.15) is 0 Å². The van der Waals surface area contributed by atoms with Crippen molar-refractivity contribution in [3.05, 3.63) is 70.1 Å². The SMILES string of the molecule is CC1(C(=O)N(CCC(=O)O)Cc2ccc(Cl)cc2)CCN1C(=O)c1csc2ccccc12. The molecular formula is C24H23ClN2O4S. The number of hydrogen-bond acceptors (Lipinski definition) is 4. The van der Waals surface area contributed by atoms with Crippen LogP contribution in [0.1, 0.15) is 35.7 Å². The molecular weight excluding hydrogens is 448 g/mol. The van der Waals surface area contributed by atoms with Crippen LogP contribution in [0.25, 0.3) is 10.1 Å². The third kappa shape index (κ3) is 4.23. The molecule has 0 aliphatic carbocycles. The van der Waals surface area contributed by atoms with Gasteiger partial charge in [-0.1, -0.05) is 41.9 Å². The smallest absolute Gasteiger partial charge is 0.305 e. The number of likely N-dealkylation sites (tertiary alicyclic amines) is 1. The van der Waals surface area contributed by atoms with Crippen molar-refractivity contribution >= 4 is 50.8 Å². The average molecular weight is 471 g/mol. The highest BCUT2D eigenvalue weighted by Crippen LogP contribution is 2.36. The molecule has 3 aromatic rings. The van der Waals surface area contributed by atoms with E-state index < -0.39 is 11.5 Å². The van der Waals surface area contributed by atoms with Crippen LogP contribution in [0.15, 0.2) is 53.9 Å². The Labute approximate surface area is 195 Å². The van der Waals surface area contributed by atoms with Gasteiger partial charge in [-0.05, 0) is 37.1 Å². The number of rotatable bonds is 7. The van der Waals surface area contributed by atoms with Crippen molar-refractivity contribution in [1.29, 1.82) is 0 Å². The Kier molecular flexibility index (Phi) is 6.22. The number of thiophene rings is 1. The quantitative estimate of drug-likeness (QED) is 0.544. The largest absolute Gasteiger partial charge is 0.481 e. The number of amides is 2. The van der Waals surface area contributed by atoms with Gasteiger partial charge in [-0.15, -0.1) is 11.3 Å². The van der Waals surface area contributed by atoms with Crippen LogP contribution in [0.2, 0.25) is 5.02 Å². The van der Waals surface area contributed by atoms with E-state index in [2.05, 4.69) is 0 Å². The number of carbonyl (C=O) groups is 3. The van der Waals surface area contributed by atoms with Crippen LogP contribution in [0, 0.1) is 0 Å². The molecule has 2 heterocycles. The molecule has 2 aromatic carbocycles. The zero-order chi connectivity index (χ0) is 22.9. The zero-order valence-electron chi connectivity index (χ0n) is 17.6. The number of carboxylic acids is 1. The highest BCUT2D eigenvalue weighted by molar-refractivity contribution is 7.17. The van der Waals surface area contributed by atoms with E-state index in [0.29, 0.717) is 23.6 Å². The maximum atomic E-state index is 13.6. The monoisotopic (exact) mass is 470 g/mol. The number of nitrogens with zero attached hydrogens (tertiary/aromatic N) is 2. The zero-order valence-corrected chi connectivity index (χ0v) is 19.2. The number of benzene rings is 2. The molecule has 0 radical (unpaired) electrons. The Bertz CT molecular complexity index is 1180. The third-order valence-corrected chi connectivity index (χ3v) is 7.22. The minimum atomic E-state index is -1.01. The predicted molar refractivity (Wildman–Crippen MR) is 125 cm³/mol. The number of aliphatic carboxylic acids is 1. The third-order valence-electron chi connectivity index (χ3n) is 6.00. The van der Waals surface area contributed by atoms with Crippen molar-refractivity contribution in [3.8, 4) is 0 Å². The van der Waals surface area contributed by atoms with Gasteiger partial charge in [0.2, 0.25) is 5.91 Å². The van der Waals surface area contributed by atoms with E-state index in [1.807, 2.05) is 41.8 Å². The Balaban J connectivity index is 1.58. The van der Waals surface area contributed by atoms with Crippen LogP contribution >= 0.6 is 22.9 Å². The summed E-state index contributed by atoms with van der Waals surface area (Å²) in [5, 5.41) is 12.5. The van der Waals surface area contributed by atoms with Crippen molar-refractivity contribution in [1.82, 2.24) is 9.80 Å². The summed E-state index contributed by atoms with van der Waals surface area (Å²) in [4.78, 5) is 41.3. The maximum absolute atomic E-state index is 13.6. The summed E-state index contributed by atoms with van der Waals surface area (Å²) >= 11 is 7.46. The molecule has 4 rings (SSSR count). The van der Waals surface area contributed by atoms with E-state index in [1.165, 1.54) is 16.2 Å². The second-order valence-electron chi connectivity index (χ2n) is 8.12. The van der Waals surface area contributed by atoms with Crippen LogP contribution in [-0.4, -0.2) is 51.3 Å². The molecule has 1 N–H and O–H groups in total. The van der Waals surface area contributed by atoms with Crippen LogP contribution in [0.4, 0.5) is 0 Å². The fourth-order valence-corrected chi connectivity index (χ4v) is 5.09. The molecule has 2 amide bonds. The fourth-order valence-electron chi connectivity index (χ4n) is 4.03. The minimum Gasteiger partial charge on any atom is -0.481 e. The van der Waals surface area contributed by atoms with Crippen LogP contribution < -0.4 is 0 Å². The second-order valence-corrected chi connectivity index (χ2v) is 9.47. The normalized spacial score (nSPS) is 17.8. The highest BCUT2D eigenvalue weighted by Gasteiger charge is 2.51. The van der Waals surface area contributed by atoms with Gasteiger partial charge >= 0.3 is 5.97 Å². The van der Waals surface area contributed by atoms with Crippen LogP contribution in [0.5, 0.6) is 0 Å². The molecule has 32 heavy (non-hydrogen) atoms. The minimum absolute atomic E-state index is 0.0653. The second kappa shape index (κ2) is 8.92. The van der Waals surface area contributed by atoms with E-state index >= 15 is 0 Å². The molecule has 166 valence electrons. The van der Waals surface area contributed by atoms with Gasteiger partial charge in [0.05, 0.1) is 12.0 Å². The van der Waals surface area contributed by atoms with Gasteiger partial charge in [0.15, 0.2) is 0 Å². The molecule has 1 aromatic heterocycles. The van der Waals surface area contributed by atoms with E-state index in [0.717, 1.165) is 15.6 Å². The summed E-state index contributed by atoms with van der Waals surface area (Å²) < 4.78 is 1.02. The topological polar surface area (TPSA) is 77.9 Å². The number of fused-ring (bicyclic) bond motifs is 1. The lowest BCUT2D eigenvalue weighted by Gasteiger charge is -2.50. The average Bonchev–Trinajstić information content (AvgIpc) is 3.20. The molecule has 8 heteroatoms. The lowest BCUT2D eigenvalue weighted by molar-refractivity contribution is -0.150. The summed E-state index contributed by atoms with van der Waals surface area (Å²) in [5.74, 6) is -1.39. The molecule has 1 fully saturated rings. The Morgan fingerprint density at radius 3 is 2.53 bits per heavy atom. The lowest BCUT2D eigenvalue weighted by atomic mass is 9.84. The first-order chi connectivity index (χ1) is 15.3. The van der Waals surface area contributed by atoms with E-state index in [1.54, 1.807) is 24.0 Å². The molecule has 1 aliphatic rings. The van der Waals surface area contributed by atoms with Crippen molar-refractivity contribution in [2.45, 2.75) is 31.8 Å². The number of hydrogen-bond donors (Lipinski definition) is 1. The maximum Gasteiger partial charge on any atom is 0.305 e.